The van der Waals surface area contributed by atoms with Gasteiger partial charge in [0, 0.05) is 11.9 Å². The lowest BCUT2D eigenvalue weighted by atomic mass is 9.95. The molecule has 1 aromatic carbocycles. The van der Waals surface area contributed by atoms with E-state index in [2.05, 4.69) is 28.2 Å². The topological polar surface area (TPSA) is 38.3 Å². The van der Waals surface area contributed by atoms with Gasteiger partial charge < -0.3 is 10.1 Å². The van der Waals surface area contributed by atoms with Crippen LogP contribution in [0.25, 0.3) is 0 Å². The lowest BCUT2D eigenvalue weighted by Gasteiger charge is -2.25. The molecule has 20 heavy (non-hydrogen) atoms. The van der Waals surface area contributed by atoms with E-state index in [0.29, 0.717) is 12.5 Å². The summed E-state index contributed by atoms with van der Waals surface area (Å²) in [5, 5.41) is 4.07. The van der Waals surface area contributed by atoms with Crippen molar-refractivity contribution in [1.29, 1.82) is 0 Å². The summed E-state index contributed by atoms with van der Waals surface area (Å²) in [5.74, 6) is 1.52. The molecular formula is C16H22BrNO2. The first kappa shape index (κ1) is 15.4. The van der Waals surface area contributed by atoms with Crippen LogP contribution in [0, 0.1) is 11.8 Å². The van der Waals surface area contributed by atoms with E-state index in [1.807, 2.05) is 24.3 Å². The Morgan fingerprint density at radius 3 is 3.05 bits per heavy atom. The summed E-state index contributed by atoms with van der Waals surface area (Å²) in [6, 6.07) is 7.96. The van der Waals surface area contributed by atoms with Crippen molar-refractivity contribution >= 4 is 21.8 Å². The van der Waals surface area contributed by atoms with E-state index < -0.39 is 0 Å². The minimum Gasteiger partial charge on any atom is -0.492 e. The summed E-state index contributed by atoms with van der Waals surface area (Å²) >= 11 is 3.46. The van der Waals surface area contributed by atoms with Gasteiger partial charge in [-0.3, -0.25) is 4.79 Å². The highest BCUT2D eigenvalue weighted by atomic mass is 79.9. The summed E-state index contributed by atoms with van der Waals surface area (Å²) in [5.41, 5.74) is 1.13. The smallest absolute Gasteiger partial charge is 0.226 e. The third kappa shape index (κ3) is 3.98. The molecule has 0 bridgehead atoms. The predicted octanol–water partition coefficient (Wildman–Crippen LogP) is 3.17. The van der Waals surface area contributed by atoms with E-state index in [9.17, 15) is 4.79 Å². The minimum absolute atomic E-state index is 0.0635. The van der Waals surface area contributed by atoms with Gasteiger partial charge in [0.15, 0.2) is 0 Å². The van der Waals surface area contributed by atoms with Crippen molar-refractivity contribution in [3.8, 4) is 5.75 Å². The number of para-hydroxylation sites is 1. The fourth-order valence-electron chi connectivity index (χ4n) is 2.49. The van der Waals surface area contributed by atoms with E-state index in [-0.39, 0.29) is 11.8 Å². The van der Waals surface area contributed by atoms with Crippen LogP contribution >= 0.6 is 15.9 Å². The first-order chi connectivity index (χ1) is 9.74. The van der Waals surface area contributed by atoms with E-state index in [1.54, 1.807) is 0 Å². The standard InChI is InChI=1S/C16H22BrNO2/c1-2-12(7-8-17)10-18-16(19)14-9-13-5-3-4-6-15(13)20-11-14/h3-6,12,14H,2,7-11H2,1H3,(H,18,19). The summed E-state index contributed by atoms with van der Waals surface area (Å²) < 4.78 is 5.67. The quantitative estimate of drug-likeness (QED) is 0.808. The highest BCUT2D eigenvalue weighted by Gasteiger charge is 2.25. The highest BCUT2D eigenvalue weighted by Crippen LogP contribution is 2.26. The number of hydrogen-bond donors (Lipinski definition) is 1. The Morgan fingerprint density at radius 2 is 2.30 bits per heavy atom. The normalized spacial score (nSPS) is 18.8. The van der Waals surface area contributed by atoms with Gasteiger partial charge in [0.25, 0.3) is 0 Å². The largest absolute Gasteiger partial charge is 0.492 e. The zero-order valence-corrected chi connectivity index (χ0v) is 13.5. The maximum Gasteiger partial charge on any atom is 0.226 e. The van der Waals surface area contributed by atoms with Crippen LogP contribution < -0.4 is 10.1 Å². The van der Waals surface area contributed by atoms with Gasteiger partial charge in [-0.2, -0.15) is 0 Å². The molecule has 0 fully saturated rings. The Hall–Kier alpha value is -1.03. The average molecular weight is 340 g/mol. The van der Waals surface area contributed by atoms with Crippen LogP contribution in [0.3, 0.4) is 0 Å². The van der Waals surface area contributed by atoms with Crippen LogP contribution in [-0.2, 0) is 11.2 Å². The average Bonchev–Trinajstić information content (AvgIpc) is 2.50. The molecule has 0 aliphatic carbocycles. The maximum absolute atomic E-state index is 12.2. The minimum atomic E-state index is -0.0635. The number of halogens is 1. The molecule has 4 heteroatoms. The first-order valence-electron chi connectivity index (χ1n) is 7.29. The summed E-state index contributed by atoms with van der Waals surface area (Å²) in [7, 11) is 0. The fraction of sp³-hybridized carbons (Fsp3) is 0.562. The molecule has 0 saturated carbocycles. The van der Waals surface area contributed by atoms with Crippen molar-refractivity contribution in [2.45, 2.75) is 26.2 Å². The molecule has 2 atom stereocenters. The Bertz CT molecular complexity index is 450. The van der Waals surface area contributed by atoms with E-state index in [1.165, 1.54) is 0 Å². The molecule has 0 aromatic heterocycles. The summed E-state index contributed by atoms with van der Waals surface area (Å²) in [6.45, 7) is 3.41. The molecule has 2 rings (SSSR count). The van der Waals surface area contributed by atoms with Crippen molar-refractivity contribution in [3.05, 3.63) is 29.8 Å². The molecule has 0 spiro atoms. The molecule has 0 saturated heterocycles. The monoisotopic (exact) mass is 339 g/mol. The van der Waals surface area contributed by atoms with Crippen LogP contribution in [0.4, 0.5) is 0 Å². The third-order valence-corrected chi connectivity index (χ3v) is 4.37. The van der Waals surface area contributed by atoms with Crippen LogP contribution in [-0.4, -0.2) is 24.4 Å². The number of ether oxygens (including phenoxy) is 1. The predicted molar refractivity (Wildman–Crippen MR) is 84.3 cm³/mol. The second-order valence-electron chi connectivity index (χ2n) is 5.32. The second-order valence-corrected chi connectivity index (χ2v) is 6.11. The first-order valence-corrected chi connectivity index (χ1v) is 8.41. The Kier molecular flexibility index (Phi) is 5.89. The number of amides is 1. The number of carbonyl (C=O) groups excluding carboxylic acids is 1. The van der Waals surface area contributed by atoms with E-state index >= 15 is 0 Å². The van der Waals surface area contributed by atoms with Crippen molar-refractivity contribution in [2.75, 3.05) is 18.5 Å². The summed E-state index contributed by atoms with van der Waals surface area (Å²) in [6.07, 6.45) is 2.97. The van der Waals surface area contributed by atoms with Crippen LogP contribution in [0.5, 0.6) is 5.75 Å². The number of fused-ring (bicyclic) bond motifs is 1. The lowest BCUT2D eigenvalue weighted by molar-refractivity contribution is -0.126. The Morgan fingerprint density at radius 1 is 1.50 bits per heavy atom. The molecule has 3 nitrogen and oxygen atoms in total. The number of nitrogens with one attached hydrogen (secondary N) is 1. The van der Waals surface area contributed by atoms with Gasteiger partial charge >= 0.3 is 0 Å². The number of alkyl halides is 1. The van der Waals surface area contributed by atoms with Crippen LogP contribution in [0.2, 0.25) is 0 Å². The molecule has 1 aliphatic heterocycles. The van der Waals surface area contributed by atoms with Gasteiger partial charge in [-0.05, 0) is 30.4 Å². The lowest BCUT2D eigenvalue weighted by Crippen LogP contribution is -2.39. The molecule has 1 aromatic rings. The van der Waals surface area contributed by atoms with Crippen LogP contribution in [0.15, 0.2) is 24.3 Å². The van der Waals surface area contributed by atoms with Gasteiger partial charge in [0.1, 0.15) is 12.4 Å². The number of benzene rings is 1. The van der Waals surface area contributed by atoms with Crippen molar-refractivity contribution < 1.29 is 9.53 Å². The summed E-state index contributed by atoms with van der Waals surface area (Å²) in [4.78, 5) is 12.2. The van der Waals surface area contributed by atoms with Crippen LogP contribution in [0.1, 0.15) is 25.3 Å². The SMILES string of the molecule is CCC(CCBr)CNC(=O)C1COc2ccccc2C1. The number of carbonyl (C=O) groups is 1. The zero-order chi connectivity index (χ0) is 14.4. The van der Waals surface area contributed by atoms with Crippen molar-refractivity contribution in [2.24, 2.45) is 11.8 Å². The van der Waals surface area contributed by atoms with Gasteiger partial charge in [-0.15, -0.1) is 0 Å². The molecule has 1 heterocycles. The van der Waals surface area contributed by atoms with E-state index in [0.717, 1.165) is 42.5 Å². The molecule has 2 unspecified atom stereocenters. The molecular weight excluding hydrogens is 318 g/mol. The zero-order valence-electron chi connectivity index (χ0n) is 11.9. The third-order valence-electron chi connectivity index (χ3n) is 3.91. The van der Waals surface area contributed by atoms with E-state index in [4.69, 9.17) is 4.74 Å². The number of rotatable bonds is 6. The van der Waals surface area contributed by atoms with Gasteiger partial charge in [0.2, 0.25) is 5.91 Å². The Balaban J connectivity index is 1.85. The Labute approximate surface area is 129 Å². The molecule has 110 valence electrons. The van der Waals surface area contributed by atoms with Gasteiger partial charge in [-0.25, -0.2) is 0 Å². The van der Waals surface area contributed by atoms with Crippen molar-refractivity contribution in [3.63, 3.8) is 0 Å². The molecule has 1 amide bonds. The number of hydrogen-bond acceptors (Lipinski definition) is 2. The second kappa shape index (κ2) is 7.67. The molecule has 0 radical (unpaired) electrons. The molecule has 1 N–H and O–H groups in total. The molecule has 1 aliphatic rings. The fourth-order valence-corrected chi connectivity index (χ4v) is 3.14. The van der Waals surface area contributed by atoms with Crippen molar-refractivity contribution in [1.82, 2.24) is 5.32 Å². The highest BCUT2D eigenvalue weighted by molar-refractivity contribution is 9.09. The van der Waals surface area contributed by atoms with Gasteiger partial charge in [0.05, 0.1) is 5.92 Å². The maximum atomic E-state index is 12.2. The van der Waals surface area contributed by atoms with Gasteiger partial charge in [-0.1, -0.05) is 47.5 Å².